The Morgan fingerprint density at radius 2 is 0.485 bits per heavy atom. The second-order valence-electron chi connectivity index (χ2n) is 29.3. The van der Waals surface area contributed by atoms with Crippen molar-refractivity contribution in [2.24, 2.45) is 11.8 Å². The highest BCUT2D eigenvalue weighted by Crippen LogP contribution is 2.45. The molecule has 0 aliphatic heterocycles. The number of unbranched alkanes of at least 4 members (excludes halogenated alkanes) is 47. The summed E-state index contributed by atoms with van der Waals surface area (Å²) in [5, 5.41) is 10.6. The molecule has 19 heteroatoms. The number of aliphatic hydroxyl groups is 1. The largest absolute Gasteiger partial charge is 0.472 e. The van der Waals surface area contributed by atoms with E-state index in [0.29, 0.717) is 25.7 Å². The summed E-state index contributed by atoms with van der Waals surface area (Å²) >= 11 is 0. The molecule has 588 valence electrons. The highest BCUT2D eigenvalue weighted by Gasteiger charge is 2.30. The fourth-order valence-corrected chi connectivity index (χ4v) is 13.9. The lowest BCUT2D eigenvalue weighted by molar-refractivity contribution is -0.161. The van der Waals surface area contributed by atoms with Crippen LogP contribution in [-0.4, -0.2) is 96.7 Å². The molecule has 0 aromatic rings. The van der Waals surface area contributed by atoms with Gasteiger partial charge >= 0.3 is 39.5 Å². The molecule has 3 N–H and O–H groups in total. The summed E-state index contributed by atoms with van der Waals surface area (Å²) in [4.78, 5) is 73.0. The van der Waals surface area contributed by atoms with Crippen molar-refractivity contribution in [3.8, 4) is 0 Å². The van der Waals surface area contributed by atoms with Crippen LogP contribution in [0.25, 0.3) is 0 Å². The molecule has 0 saturated carbocycles. The highest BCUT2D eigenvalue weighted by atomic mass is 31.2. The van der Waals surface area contributed by atoms with Gasteiger partial charge < -0.3 is 33.8 Å². The molecule has 7 atom stereocenters. The third-order valence-corrected chi connectivity index (χ3v) is 21.3. The third-order valence-electron chi connectivity index (χ3n) is 19.4. The molecule has 4 unspecified atom stereocenters. The number of hydrogen-bond donors (Lipinski definition) is 3. The second kappa shape index (κ2) is 71.7. The maximum Gasteiger partial charge on any atom is 0.472 e. The normalized spacial score (nSPS) is 14.5. The van der Waals surface area contributed by atoms with Gasteiger partial charge in [0.25, 0.3) is 0 Å². The summed E-state index contributed by atoms with van der Waals surface area (Å²) in [5.74, 6) is -0.577. The zero-order valence-corrected chi connectivity index (χ0v) is 66.6. The van der Waals surface area contributed by atoms with Crippen LogP contribution in [0, 0.1) is 11.8 Å². The minimum absolute atomic E-state index is 0.106. The topological polar surface area (TPSA) is 237 Å². The van der Waals surface area contributed by atoms with E-state index in [1.54, 1.807) is 0 Å². The maximum atomic E-state index is 13.1. The number of carbonyl (C=O) groups excluding carboxylic acids is 4. The molecular weight excluding hydrogens is 1290 g/mol. The van der Waals surface area contributed by atoms with Crippen molar-refractivity contribution in [1.29, 1.82) is 0 Å². The molecule has 0 saturated heterocycles. The first-order valence-electron chi connectivity index (χ1n) is 41.6. The number of carbonyl (C=O) groups is 4. The van der Waals surface area contributed by atoms with E-state index in [1.807, 2.05) is 0 Å². The average Bonchev–Trinajstić information content (AvgIpc) is 0.964. The van der Waals surface area contributed by atoms with Gasteiger partial charge in [-0.15, -0.1) is 0 Å². The number of rotatable bonds is 79. The number of phosphoric acid groups is 2. The molecule has 0 fully saturated rings. The van der Waals surface area contributed by atoms with Gasteiger partial charge in [0.2, 0.25) is 0 Å². The summed E-state index contributed by atoms with van der Waals surface area (Å²) < 4.78 is 68.7. The Balaban J connectivity index is 5.25. The molecule has 0 amide bonds. The van der Waals surface area contributed by atoms with Gasteiger partial charge in [-0.1, -0.05) is 369 Å². The maximum absolute atomic E-state index is 13.1. The number of aliphatic hydroxyl groups excluding tert-OH is 1. The first-order valence-corrected chi connectivity index (χ1v) is 44.6. The van der Waals surface area contributed by atoms with Crippen LogP contribution in [0.5, 0.6) is 0 Å². The Bertz CT molecular complexity index is 1910. The van der Waals surface area contributed by atoms with Crippen LogP contribution in [0.3, 0.4) is 0 Å². The van der Waals surface area contributed by atoms with Crippen molar-refractivity contribution in [1.82, 2.24) is 0 Å². The Kier molecular flexibility index (Phi) is 70.3. The van der Waals surface area contributed by atoms with Crippen molar-refractivity contribution < 1.29 is 80.2 Å². The van der Waals surface area contributed by atoms with Gasteiger partial charge in [-0.05, 0) is 37.5 Å². The molecule has 0 aliphatic carbocycles. The number of esters is 4. The van der Waals surface area contributed by atoms with Crippen molar-refractivity contribution in [2.75, 3.05) is 39.6 Å². The monoisotopic (exact) mass is 1450 g/mol. The van der Waals surface area contributed by atoms with Crippen molar-refractivity contribution in [2.45, 2.75) is 439 Å². The van der Waals surface area contributed by atoms with Gasteiger partial charge in [0.05, 0.1) is 26.4 Å². The predicted octanol–water partition coefficient (Wildman–Crippen LogP) is 23.9. The molecule has 0 spiro atoms. The van der Waals surface area contributed by atoms with Crippen LogP contribution in [0.1, 0.15) is 420 Å². The van der Waals surface area contributed by atoms with Gasteiger partial charge in [0, 0.05) is 25.7 Å². The van der Waals surface area contributed by atoms with E-state index >= 15 is 0 Å². The molecule has 0 aliphatic rings. The third kappa shape index (κ3) is 71.5. The van der Waals surface area contributed by atoms with Crippen LogP contribution in [0.4, 0.5) is 0 Å². The van der Waals surface area contributed by atoms with Crippen LogP contribution >= 0.6 is 15.6 Å². The van der Waals surface area contributed by atoms with Crippen molar-refractivity contribution >= 4 is 39.5 Å². The summed E-state index contributed by atoms with van der Waals surface area (Å²) in [5.41, 5.74) is 0. The van der Waals surface area contributed by atoms with Gasteiger partial charge in [0.1, 0.15) is 19.3 Å². The van der Waals surface area contributed by atoms with Gasteiger partial charge in [-0.25, -0.2) is 9.13 Å². The summed E-state index contributed by atoms with van der Waals surface area (Å²) in [6.07, 6.45) is 61.0. The molecule has 17 nitrogen and oxygen atoms in total. The minimum Gasteiger partial charge on any atom is -0.462 e. The molecule has 0 radical (unpaired) electrons. The van der Waals surface area contributed by atoms with Gasteiger partial charge in [0.15, 0.2) is 12.2 Å². The molecular formula is C80H156O17P2. The number of hydrogen-bond acceptors (Lipinski definition) is 15. The summed E-state index contributed by atoms with van der Waals surface area (Å²) in [7, 11) is -9.92. The number of ether oxygens (including phenoxy) is 4. The SMILES string of the molecule is CCCCCCCCCCCCCCCCCCCCCC(=O)O[C@H](COC(=O)CCCCCCCCCCCCCCCCCC)COP(=O)(O)OC[C@@H](O)COP(=O)(O)OC[C@@H](COC(=O)CCCCCCCCC(C)CC)OC(=O)CCCCCCCCCCCCC(C)CC. The minimum atomic E-state index is -4.96. The van der Waals surface area contributed by atoms with Crippen LogP contribution in [0.15, 0.2) is 0 Å². The Morgan fingerprint density at radius 1 is 0.283 bits per heavy atom. The van der Waals surface area contributed by atoms with E-state index < -0.39 is 97.5 Å². The zero-order chi connectivity index (χ0) is 72.8. The lowest BCUT2D eigenvalue weighted by Crippen LogP contribution is -2.30. The molecule has 0 heterocycles. The van der Waals surface area contributed by atoms with E-state index in [4.69, 9.17) is 37.0 Å². The van der Waals surface area contributed by atoms with E-state index in [2.05, 4.69) is 41.5 Å². The molecule has 99 heavy (non-hydrogen) atoms. The number of phosphoric ester groups is 2. The summed E-state index contributed by atoms with van der Waals surface area (Å²) in [6.45, 7) is 9.61. The Morgan fingerprint density at radius 3 is 0.717 bits per heavy atom. The Labute approximate surface area is 607 Å². The lowest BCUT2D eigenvalue weighted by Gasteiger charge is -2.21. The molecule has 0 rings (SSSR count). The molecule has 0 aromatic carbocycles. The molecule has 0 aromatic heterocycles. The first kappa shape index (κ1) is 97.1. The smallest absolute Gasteiger partial charge is 0.462 e. The highest BCUT2D eigenvalue weighted by molar-refractivity contribution is 7.47. The first-order chi connectivity index (χ1) is 47.9. The lowest BCUT2D eigenvalue weighted by atomic mass is 9.99. The van der Waals surface area contributed by atoms with Gasteiger partial charge in [-0.2, -0.15) is 0 Å². The van der Waals surface area contributed by atoms with Crippen LogP contribution < -0.4 is 0 Å². The van der Waals surface area contributed by atoms with E-state index in [-0.39, 0.29) is 25.7 Å². The summed E-state index contributed by atoms with van der Waals surface area (Å²) in [6, 6.07) is 0. The van der Waals surface area contributed by atoms with Crippen LogP contribution in [0.2, 0.25) is 0 Å². The Hall–Kier alpha value is -1.94. The predicted molar refractivity (Wildman–Crippen MR) is 405 cm³/mol. The van der Waals surface area contributed by atoms with Gasteiger partial charge in [-0.3, -0.25) is 37.3 Å². The fourth-order valence-electron chi connectivity index (χ4n) is 12.3. The van der Waals surface area contributed by atoms with E-state index in [0.717, 1.165) is 108 Å². The van der Waals surface area contributed by atoms with E-state index in [9.17, 15) is 43.2 Å². The quantitative estimate of drug-likeness (QED) is 0.0222. The zero-order valence-electron chi connectivity index (χ0n) is 64.8. The average molecular weight is 1450 g/mol. The fraction of sp³-hybridized carbons (Fsp3) is 0.950. The standard InChI is InChI=1S/C80H156O17P2/c1-7-11-13-15-17-19-21-23-25-27-28-29-31-33-35-40-44-52-58-64-79(84)96-75(68-90-77(82)62-56-50-43-39-34-32-30-26-24-22-20-18-16-14-12-8-2)70-94-98(86,87)92-66-74(81)67-93-99(88,89)95-71-76(69-91-78(83)63-57-51-47-46-49-55-61-73(6)10-4)97-80(85)65-59-53-45-41-37-36-38-42-48-54-60-72(5)9-3/h72-76,81H,7-71H2,1-6H3,(H,86,87)(H,88,89)/t72?,73?,74-,75-,76-/m1/s1. The van der Waals surface area contributed by atoms with Crippen LogP contribution in [-0.2, 0) is 65.4 Å². The van der Waals surface area contributed by atoms with E-state index in [1.165, 1.54) is 231 Å². The van der Waals surface area contributed by atoms with Crippen molar-refractivity contribution in [3.63, 3.8) is 0 Å². The second-order valence-corrected chi connectivity index (χ2v) is 32.2. The van der Waals surface area contributed by atoms with Crippen molar-refractivity contribution in [3.05, 3.63) is 0 Å². The molecule has 0 bridgehead atoms.